The van der Waals surface area contributed by atoms with Gasteiger partial charge in [0, 0.05) is 17.5 Å². The molecule has 36 heavy (non-hydrogen) atoms. The molecular weight excluding hydrogens is 514 g/mol. The monoisotopic (exact) mass is 541 g/mol. The molecule has 0 aliphatic carbocycles. The van der Waals surface area contributed by atoms with Crippen molar-refractivity contribution in [2.75, 3.05) is 13.7 Å². The van der Waals surface area contributed by atoms with Gasteiger partial charge in [-0.3, -0.25) is 9.36 Å². The highest BCUT2D eigenvalue weighted by molar-refractivity contribution is 7.98. The number of thioether (sulfide) groups is 1. The number of nitrogens with one attached hydrogen (secondary N) is 1. The SMILES string of the molecule is CCCCCCNC(=O)c1csc(CSc2nnc(-c3ccccc3Cl)n2-c2ccccc2OC)n1. The average molecular weight is 542 g/mol. The van der Waals surface area contributed by atoms with Crippen molar-refractivity contribution in [3.63, 3.8) is 0 Å². The molecule has 2 aromatic heterocycles. The van der Waals surface area contributed by atoms with Gasteiger partial charge in [0.2, 0.25) is 0 Å². The summed E-state index contributed by atoms with van der Waals surface area (Å²) < 4.78 is 7.56. The van der Waals surface area contributed by atoms with Crippen LogP contribution in [0.1, 0.15) is 48.1 Å². The number of carbonyl (C=O) groups excluding carboxylic acids is 1. The maximum Gasteiger partial charge on any atom is 0.270 e. The number of unbranched alkanes of at least 4 members (excludes halogenated alkanes) is 3. The highest BCUT2D eigenvalue weighted by atomic mass is 35.5. The van der Waals surface area contributed by atoms with Crippen LogP contribution < -0.4 is 10.1 Å². The third-order valence-corrected chi connectivity index (χ3v) is 7.80. The van der Waals surface area contributed by atoms with E-state index in [1.54, 1.807) is 12.5 Å². The van der Waals surface area contributed by atoms with Crippen molar-refractivity contribution < 1.29 is 9.53 Å². The first-order valence-corrected chi connectivity index (χ1v) is 14.1. The van der Waals surface area contributed by atoms with E-state index in [4.69, 9.17) is 16.3 Å². The van der Waals surface area contributed by atoms with E-state index in [9.17, 15) is 4.79 Å². The number of halogens is 1. The van der Waals surface area contributed by atoms with Crippen LogP contribution in [0.3, 0.4) is 0 Å². The minimum absolute atomic E-state index is 0.128. The number of para-hydroxylation sites is 2. The van der Waals surface area contributed by atoms with E-state index in [1.807, 2.05) is 53.1 Å². The lowest BCUT2D eigenvalue weighted by Crippen LogP contribution is -2.24. The number of thiazole rings is 1. The Morgan fingerprint density at radius 2 is 1.92 bits per heavy atom. The predicted molar refractivity (Wildman–Crippen MR) is 147 cm³/mol. The quantitative estimate of drug-likeness (QED) is 0.160. The fourth-order valence-electron chi connectivity index (χ4n) is 3.66. The van der Waals surface area contributed by atoms with Gasteiger partial charge in [-0.1, -0.05) is 73.8 Å². The smallest absolute Gasteiger partial charge is 0.270 e. The lowest BCUT2D eigenvalue weighted by molar-refractivity contribution is 0.0948. The first-order valence-electron chi connectivity index (χ1n) is 11.8. The molecule has 4 aromatic rings. The van der Waals surface area contributed by atoms with Crippen LogP contribution in [0.4, 0.5) is 0 Å². The molecule has 10 heteroatoms. The number of rotatable bonds is 12. The van der Waals surface area contributed by atoms with E-state index < -0.39 is 0 Å². The highest BCUT2D eigenvalue weighted by Crippen LogP contribution is 2.36. The fraction of sp³-hybridized carbons (Fsp3) is 0.308. The van der Waals surface area contributed by atoms with Crippen LogP contribution in [0.25, 0.3) is 17.1 Å². The maximum atomic E-state index is 12.4. The third-order valence-electron chi connectivity index (χ3n) is 5.50. The zero-order chi connectivity index (χ0) is 25.3. The summed E-state index contributed by atoms with van der Waals surface area (Å²) in [5, 5.41) is 15.8. The van der Waals surface area contributed by atoms with Crippen molar-refractivity contribution >= 4 is 40.6 Å². The summed E-state index contributed by atoms with van der Waals surface area (Å²) in [5.74, 6) is 1.73. The van der Waals surface area contributed by atoms with Crippen molar-refractivity contribution in [2.24, 2.45) is 0 Å². The van der Waals surface area contributed by atoms with Crippen LogP contribution in [-0.2, 0) is 5.75 Å². The van der Waals surface area contributed by atoms with Gasteiger partial charge in [0.15, 0.2) is 11.0 Å². The standard InChI is InChI=1S/C26H28ClN5O2S2/c1-3-4-5-10-15-28-25(33)20-16-35-23(29-20)17-36-26-31-30-24(18-11-6-7-12-19(18)27)32(26)21-13-8-9-14-22(21)34-2/h6-9,11-14,16H,3-5,10,15,17H2,1-2H3,(H,28,33). The molecule has 0 fully saturated rings. The Morgan fingerprint density at radius 1 is 1.11 bits per heavy atom. The van der Waals surface area contributed by atoms with Crippen LogP contribution in [0.15, 0.2) is 59.1 Å². The van der Waals surface area contributed by atoms with Crippen molar-refractivity contribution in [3.05, 3.63) is 69.6 Å². The summed E-state index contributed by atoms with van der Waals surface area (Å²) >= 11 is 9.46. The van der Waals surface area contributed by atoms with Gasteiger partial charge in [0.05, 0.1) is 23.6 Å². The maximum absolute atomic E-state index is 12.4. The Morgan fingerprint density at radius 3 is 2.72 bits per heavy atom. The summed E-state index contributed by atoms with van der Waals surface area (Å²) in [4.78, 5) is 17.0. The van der Waals surface area contributed by atoms with Crippen LogP contribution >= 0.6 is 34.7 Å². The van der Waals surface area contributed by atoms with Crippen LogP contribution in [-0.4, -0.2) is 39.3 Å². The number of methoxy groups -OCH3 is 1. The number of aromatic nitrogens is 4. The molecule has 0 aliphatic rings. The van der Waals surface area contributed by atoms with Crippen LogP contribution in [0, 0.1) is 0 Å². The molecule has 1 amide bonds. The predicted octanol–water partition coefficient (Wildman–Crippen LogP) is 6.66. The molecule has 7 nitrogen and oxygen atoms in total. The van der Waals surface area contributed by atoms with Crippen LogP contribution in [0.5, 0.6) is 5.75 Å². The molecule has 0 saturated heterocycles. The van der Waals surface area contributed by atoms with Gasteiger partial charge in [-0.05, 0) is 30.7 Å². The van der Waals surface area contributed by atoms with Gasteiger partial charge >= 0.3 is 0 Å². The molecule has 188 valence electrons. The van der Waals surface area contributed by atoms with Crippen molar-refractivity contribution in [1.29, 1.82) is 0 Å². The Bertz CT molecular complexity index is 1310. The number of nitrogens with zero attached hydrogens (tertiary/aromatic N) is 4. The van der Waals surface area contributed by atoms with Gasteiger partial charge in [-0.25, -0.2) is 4.98 Å². The molecule has 0 radical (unpaired) electrons. The second kappa shape index (κ2) is 12.9. The lowest BCUT2D eigenvalue weighted by atomic mass is 10.2. The molecule has 0 saturated carbocycles. The molecule has 0 atom stereocenters. The Labute approximate surface area is 224 Å². The van der Waals surface area contributed by atoms with E-state index >= 15 is 0 Å². The minimum Gasteiger partial charge on any atom is -0.495 e. The van der Waals surface area contributed by atoms with Gasteiger partial charge in [-0.2, -0.15) is 0 Å². The zero-order valence-electron chi connectivity index (χ0n) is 20.2. The summed E-state index contributed by atoms with van der Waals surface area (Å²) in [6.07, 6.45) is 4.47. The first-order chi connectivity index (χ1) is 17.6. The molecule has 0 aliphatic heterocycles. The van der Waals surface area contributed by atoms with E-state index in [1.165, 1.54) is 35.9 Å². The second-order valence-electron chi connectivity index (χ2n) is 8.03. The van der Waals surface area contributed by atoms with E-state index in [-0.39, 0.29) is 5.91 Å². The molecule has 0 unspecified atom stereocenters. The van der Waals surface area contributed by atoms with Gasteiger partial charge in [-0.15, -0.1) is 21.5 Å². The molecule has 0 spiro atoms. The molecule has 2 aromatic carbocycles. The second-order valence-corrected chi connectivity index (χ2v) is 10.3. The number of ether oxygens (including phenoxy) is 1. The highest BCUT2D eigenvalue weighted by Gasteiger charge is 2.21. The number of carbonyl (C=O) groups is 1. The molecule has 1 N–H and O–H groups in total. The van der Waals surface area contributed by atoms with Crippen molar-refractivity contribution in [3.8, 4) is 22.8 Å². The molecule has 4 rings (SSSR count). The summed E-state index contributed by atoms with van der Waals surface area (Å²) in [6, 6.07) is 15.3. The van der Waals surface area contributed by atoms with Gasteiger partial charge < -0.3 is 10.1 Å². The molecular formula is C26H28ClN5O2S2. The normalized spacial score (nSPS) is 11.0. The summed E-state index contributed by atoms with van der Waals surface area (Å²) in [7, 11) is 1.64. The Hall–Kier alpha value is -2.88. The van der Waals surface area contributed by atoms with E-state index in [0.717, 1.165) is 29.1 Å². The minimum atomic E-state index is -0.128. The third kappa shape index (κ3) is 6.27. The number of hydrogen-bond donors (Lipinski definition) is 1. The topological polar surface area (TPSA) is 81.9 Å². The van der Waals surface area contributed by atoms with Crippen molar-refractivity contribution in [2.45, 2.75) is 43.5 Å². The van der Waals surface area contributed by atoms with E-state index in [0.29, 0.717) is 39.7 Å². The Balaban J connectivity index is 1.54. The van der Waals surface area contributed by atoms with Gasteiger partial charge in [0.25, 0.3) is 5.91 Å². The lowest BCUT2D eigenvalue weighted by Gasteiger charge is -2.14. The summed E-state index contributed by atoms with van der Waals surface area (Å²) in [6.45, 7) is 2.84. The van der Waals surface area contributed by atoms with Gasteiger partial charge in [0.1, 0.15) is 16.5 Å². The Kier molecular flexibility index (Phi) is 9.38. The molecule has 2 heterocycles. The van der Waals surface area contributed by atoms with E-state index in [2.05, 4.69) is 27.4 Å². The largest absolute Gasteiger partial charge is 0.495 e. The molecule has 0 bridgehead atoms. The number of hydrogen-bond acceptors (Lipinski definition) is 7. The fourth-order valence-corrected chi connectivity index (χ4v) is 5.62. The average Bonchev–Trinajstić information content (AvgIpc) is 3.55. The van der Waals surface area contributed by atoms with Crippen molar-refractivity contribution in [1.82, 2.24) is 25.1 Å². The first kappa shape index (κ1) is 26.2. The number of amides is 1. The van der Waals surface area contributed by atoms with Crippen LogP contribution in [0.2, 0.25) is 5.02 Å². The number of benzene rings is 2. The zero-order valence-corrected chi connectivity index (χ0v) is 22.6. The summed E-state index contributed by atoms with van der Waals surface area (Å²) in [5.41, 5.74) is 2.04.